The van der Waals surface area contributed by atoms with E-state index in [1.807, 2.05) is 71.3 Å². The average molecular weight is 551 g/mol. The molecule has 0 bridgehead atoms. The van der Waals surface area contributed by atoms with Gasteiger partial charge >= 0.3 is 0 Å². The van der Waals surface area contributed by atoms with E-state index < -0.39 is 0 Å². The van der Waals surface area contributed by atoms with Gasteiger partial charge in [-0.05, 0) is 78.1 Å². The Labute approximate surface area is 233 Å². The van der Waals surface area contributed by atoms with Gasteiger partial charge in [0.25, 0.3) is 5.56 Å². The number of aryl methyl sites for hydroxylation is 1. The van der Waals surface area contributed by atoms with E-state index in [0.29, 0.717) is 25.9 Å². The molecule has 1 aliphatic carbocycles. The monoisotopic (exact) mass is 550 g/mol. The number of benzene rings is 3. The molecule has 7 rings (SSSR count). The van der Waals surface area contributed by atoms with E-state index in [0.717, 1.165) is 41.0 Å². The van der Waals surface area contributed by atoms with Crippen molar-refractivity contribution in [1.29, 1.82) is 0 Å². The molecule has 5 nitrogen and oxygen atoms in total. The molecule has 0 saturated heterocycles. The molecule has 0 spiro atoms. The number of furan rings is 1. The zero-order valence-electron chi connectivity index (χ0n) is 21.1. The summed E-state index contributed by atoms with van der Waals surface area (Å²) in [5, 5.41) is 0.670. The minimum absolute atomic E-state index is 0.0746. The molecule has 0 N–H and O–H groups in total. The number of halogens is 1. The maximum absolute atomic E-state index is 13.9. The topological polar surface area (TPSA) is 56.7 Å². The van der Waals surface area contributed by atoms with E-state index in [-0.39, 0.29) is 11.6 Å². The van der Waals surface area contributed by atoms with Crippen LogP contribution in [0, 0.1) is 0 Å². The predicted molar refractivity (Wildman–Crippen MR) is 155 cm³/mol. The summed E-state index contributed by atoms with van der Waals surface area (Å²) in [6.45, 7) is 0. The maximum Gasteiger partial charge on any atom is 0.271 e. The number of hydrogen-bond donors (Lipinski definition) is 0. The minimum atomic E-state index is -0.237. The standard InChI is InChI=1S/C32H23ClN2O3S/c1-37-23-13-8-21(9-14-23)30-26-16-10-19-4-2-3-5-25(19)29(26)34-32-35(30)31(36)28(39-32)18-24-15-17-27(38-24)20-6-11-22(33)12-7-20/h2-9,11-15,17-18,30H,10,16H2,1H3/b28-18+/t30-/m1/s1. The summed E-state index contributed by atoms with van der Waals surface area (Å²) in [4.78, 5) is 19.7. The van der Waals surface area contributed by atoms with Crippen molar-refractivity contribution in [2.24, 2.45) is 4.99 Å². The van der Waals surface area contributed by atoms with E-state index in [2.05, 4.69) is 24.3 Å². The SMILES string of the molecule is COc1ccc([C@@H]2C3=C(N=c4s/c(=C/c5ccc(-c6ccc(Cl)cc6)o5)c(=O)n42)c2ccccc2CC3)cc1. The molecule has 3 heterocycles. The number of methoxy groups -OCH3 is 1. The van der Waals surface area contributed by atoms with Crippen LogP contribution in [0.3, 0.4) is 0 Å². The number of allylic oxidation sites excluding steroid dienone is 1. The van der Waals surface area contributed by atoms with Crippen LogP contribution in [0.1, 0.15) is 34.9 Å². The number of ether oxygens (including phenoxy) is 1. The lowest BCUT2D eigenvalue weighted by molar-refractivity contribution is 0.414. The van der Waals surface area contributed by atoms with Crippen LogP contribution in [0.15, 0.2) is 105 Å². The molecule has 2 aromatic heterocycles. The van der Waals surface area contributed by atoms with Gasteiger partial charge < -0.3 is 9.15 Å². The fourth-order valence-electron chi connectivity index (χ4n) is 5.44. The van der Waals surface area contributed by atoms with Gasteiger partial charge in [0.15, 0.2) is 4.80 Å². The third kappa shape index (κ3) is 4.17. The fraction of sp³-hybridized carbons (Fsp3) is 0.125. The molecule has 0 amide bonds. The normalized spacial score (nSPS) is 16.4. The minimum Gasteiger partial charge on any atom is -0.497 e. The summed E-state index contributed by atoms with van der Waals surface area (Å²) in [7, 11) is 1.66. The van der Waals surface area contributed by atoms with Crippen molar-refractivity contribution in [3.8, 4) is 17.1 Å². The third-order valence-corrected chi connectivity index (χ3v) is 8.57. The van der Waals surface area contributed by atoms with Gasteiger partial charge in [0.1, 0.15) is 17.3 Å². The van der Waals surface area contributed by atoms with E-state index in [4.69, 9.17) is 25.7 Å². The zero-order chi connectivity index (χ0) is 26.5. The summed E-state index contributed by atoms with van der Waals surface area (Å²) in [6, 6.07) is 27.4. The Kier molecular flexibility index (Phi) is 5.87. The van der Waals surface area contributed by atoms with Crippen LogP contribution in [0.25, 0.3) is 23.1 Å². The Morgan fingerprint density at radius 3 is 2.59 bits per heavy atom. The van der Waals surface area contributed by atoms with Crippen molar-refractivity contribution >= 4 is 34.7 Å². The average Bonchev–Trinajstić information content (AvgIpc) is 3.56. The second-order valence-corrected chi connectivity index (χ2v) is 11.0. The highest BCUT2D eigenvalue weighted by Gasteiger charge is 2.32. The van der Waals surface area contributed by atoms with Crippen LogP contribution in [0.5, 0.6) is 5.75 Å². The van der Waals surface area contributed by atoms with E-state index in [1.54, 1.807) is 7.11 Å². The first kappa shape index (κ1) is 23.9. The Morgan fingerprint density at radius 1 is 1.00 bits per heavy atom. The van der Waals surface area contributed by atoms with Gasteiger partial charge in [0, 0.05) is 22.2 Å². The molecule has 1 atom stereocenters. The van der Waals surface area contributed by atoms with Gasteiger partial charge in [-0.2, -0.15) is 0 Å². The number of hydrogen-bond acceptors (Lipinski definition) is 5. The van der Waals surface area contributed by atoms with Crippen LogP contribution in [-0.2, 0) is 6.42 Å². The smallest absolute Gasteiger partial charge is 0.271 e. The molecule has 2 aliphatic rings. The molecule has 0 saturated carbocycles. The molecule has 192 valence electrons. The summed E-state index contributed by atoms with van der Waals surface area (Å²) in [5.74, 6) is 2.11. The van der Waals surface area contributed by atoms with Crippen molar-refractivity contribution in [2.75, 3.05) is 7.11 Å². The van der Waals surface area contributed by atoms with Crippen LogP contribution >= 0.6 is 22.9 Å². The predicted octanol–water partition coefficient (Wildman–Crippen LogP) is 6.24. The molecular formula is C32H23ClN2O3S. The molecule has 1 aliphatic heterocycles. The van der Waals surface area contributed by atoms with Crippen LogP contribution in [0.4, 0.5) is 0 Å². The van der Waals surface area contributed by atoms with Crippen molar-refractivity contribution in [1.82, 2.24) is 4.57 Å². The first-order chi connectivity index (χ1) is 19.1. The summed E-state index contributed by atoms with van der Waals surface area (Å²) in [6.07, 6.45) is 3.57. The molecule has 0 fully saturated rings. The van der Waals surface area contributed by atoms with Gasteiger partial charge in [0.2, 0.25) is 0 Å². The summed E-state index contributed by atoms with van der Waals surface area (Å²) < 4.78 is 13.9. The Hall–Kier alpha value is -4.13. The quantitative estimate of drug-likeness (QED) is 0.266. The lowest BCUT2D eigenvalue weighted by atomic mass is 9.83. The zero-order valence-corrected chi connectivity index (χ0v) is 22.6. The van der Waals surface area contributed by atoms with E-state index in [9.17, 15) is 4.79 Å². The van der Waals surface area contributed by atoms with Gasteiger partial charge in [-0.3, -0.25) is 9.36 Å². The van der Waals surface area contributed by atoms with Gasteiger partial charge in [-0.1, -0.05) is 59.3 Å². The van der Waals surface area contributed by atoms with E-state index in [1.165, 1.54) is 22.5 Å². The van der Waals surface area contributed by atoms with Crippen molar-refractivity contribution in [3.63, 3.8) is 0 Å². The van der Waals surface area contributed by atoms with Crippen molar-refractivity contribution in [2.45, 2.75) is 18.9 Å². The van der Waals surface area contributed by atoms with Crippen molar-refractivity contribution < 1.29 is 9.15 Å². The van der Waals surface area contributed by atoms with Gasteiger partial charge in [-0.25, -0.2) is 4.99 Å². The largest absolute Gasteiger partial charge is 0.497 e. The van der Waals surface area contributed by atoms with Crippen LogP contribution in [-0.4, -0.2) is 11.7 Å². The first-order valence-corrected chi connectivity index (χ1v) is 13.9. The molecule has 7 heteroatoms. The molecule has 5 aromatic rings. The number of rotatable bonds is 4. The lowest BCUT2D eigenvalue weighted by Crippen LogP contribution is -2.38. The molecule has 0 unspecified atom stereocenters. The second kappa shape index (κ2) is 9.56. The summed E-state index contributed by atoms with van der Waals surface area (Å²) in [5.41, 5.74) is 6.47. The number of nitrogens with zero attached hydrogens (tertiary/aromatic N) is 2. The molecule has 0 radical (unpaired) electrons. The maximum atomic E-state index is 13.9. The Morgan fingerprint density at radius 2 is 1.79 bits per heavy atom. The first-order valence-electron chi connectivity index (χ1n) is 12.7. The second-order valence-electron chi connectivity index (χ2n) is 9.60. The van der Waals surface area contributed by atoms with Crippen LogP contribution < -0.4 is 19.6 Å². The molecular weight excluding hydrogens is 528 g/mol. The highest BCUT2D eigenvalue weighted by molar-refractivity contribution is 7.07. The number of fused-ring (bicyclic) bond motifs is 3. The van der Waals surface area contributed by atoms with Crippen molar-refractivity contribution in [3.05, 3.63) is 138 Å². The third-order valence-electron chi connectivity index (χ3n) is 7.33. The Balaban J connectivity index is 1.39. The van der Waals surface area contributed by atoms with Gasteiger partial charge in [0.05, 0.1) is 23.4 Å². The number of aromatic nitrogens is 1. The lowest BCUT2D eigenvalue weighted by Gasteiger charge is -2.30. The van der Waals surface area contributed by atoms with Crippen LogP contribution in [0.2, 0.25) is 5.02 Å². The highest BCUT2D eigenvalue weighted by atomic mass is 35.5. The summed E-state index contributed by atoms with van der Waals surface area (Å²) >= 11 is 7.42. The molecule has 39 heavy (non-hydrogen) atoms. The molecule has 3 aromatic carbocycles. The van der Waals surface area contributed by atoms with Gasteiger partial charge in [-0.15, -0.1) is 0 Å². The highest BCUT2D eigenvalue weighted by Crippen LogP contribution is 2.41. The van der Waals surface area contributed by atoms with E-state index >= 15 is 0 Å². The Bertz CT molecular complexity index is 1930. The number of thiazole rings is 1. The fourth-order valence-corrected chi connectivity index (χ4v) is 6.54.